The number of benzene rings is 3. The van der Waals surface area contributed by atoms with Crippen molar-refractivity contribution >= 4 is 23.2 Å². The zero-order valence-electron chi connectivity index (χ0n) is 27.6. The van der Waals surface area contributed by atoms with Crippen LogP contribution in [-0.4, -0.2) is 29.6 Å². The Labute approximate surface area is 278 Å². The van der Waals surface area contributed by atoms with Crippen LogP contribution in [0.1, 0.15) is 82.9 Å². The summed E-state index contributed by atoms with van der Waals surface area (Å²) < 4.78 is 12.3. The van der Waals surface area contributed by atoms with Gasteiger partial charge in [0.05, 0.1) is 6.61 Å². The molecule has 0 radical (unpaired) electrons. The van der Waals surface area contributed by atoms with Crippen LogP contribution in [0.2, 0.25) is 5.02 Å². The molecule has 3 aliphatic rings. The van der Waals surface area contributed by atoms with E-state index in [4.69, 9.17) is 21.1 Å². The first-order chi connectivity index (χ1) is 21.9. The molecule has 0 spiro atoms. The summed E-state index contributed by atoms with van der Waals surface area (Å²) in [5, 5.41) is 0.679. The lowest BCUT2D eigenvalue weighted by Gasteiger charge is -2.49. The van der Waals surface area contributed by atoms with Crippen LogP contribution in [0, 0.1) is 10.8 Å². The number of nitrogens with zero attached hydrogens (tertiary/aromatic N) is 1. The molecule has 0 N–H and O–H groups in total. The van der Waals surface area contributed by atoms with Crippen LogP contribution in [0.3, 0.4) is 0 Å². The summed E-state index contributed by atoms with van der Waals surface area (Å²) in [5.41, 5.74) is 6.49. The monoisotopic (exact) mass is 637 g/mol. The minimum atomic E-state index is -0.435. The number of ketones is 2. The molecule has 0 unspecified atom stereocenters. The molecule has 2 aliphatic carbocycles. The summed E-state index contributed by atoms with van der Waals surface area (Å²) in [6, 6.07) is 24.0. The number of allylic oxidation sites excluding steroid dienone is 4. The van der Waals surface area contributed by atoms with Gasteiger partial charge in [-0.05, 0) is 78.0 Å². The number of Topliss-reactive ketones (excluding diaryl/α,β-unsaturated/α-hetero) is 2. The first-order valence-electron chi connectivity index (χ1n) is 16.4. The second-order valence-corrected chi connectivity index (χ2v) is 14.9. The number of hydrogen-bond donors (Lipinski definition) is 0. The van der Waals surface area contributed by atoms with Crippen LogP contribution in [0.4, 0.5) is 0 Å². The molecule has 0 saturated carbocycles. The lowest BCUT2D eigenvalue weighted by molar-refractivity contribution is -0.119. The normalized spacial score (nSPS) is 19.2. The SMILES string of the molecule is CCOc1cc(C2C3=C(CC(C)(C)CC3=O)N(CCc3ccccc3)C3=C2C(=O)CC(C)(C)C3)ccc1OCc1ccc(Cl)cc1. The summed E-state index contributed by atoms with van der Waals surface area (Å²) in [4.78, 5) is 30.8. The van der Waals surface area contributed by atoms with Gasteiger partial charge in [0.2, 0.25) is 0 Å². The van der Waals surface area contributed by atoms with Crippen LogP contribution < -0.4 is 9.47 Å². The van der Waals surface area contributed by atoms with Crippen molar-refractivity contribution in [3.05, 3.63) is 117 Å². The molecule has 240 valence electrons. The van der Waals surface area contributed by atoms with Crippen LogP contribution in [0.25, 0.3) is 0 Å². The van der Waals surface area contributed by atoms with E-state index in [2.05, 4.69) is 56.9 Å². The van der Waals surface area contributed by atoms with Crippen molar-refractivity contribution in [3.63, 3.8) is 0 Å². The zero-order valence-corrected chi connectivity index (χ0v) is 28.4. The molecular weight excluding hydrogens is 594 g/mol. The molecule has 0 aromatic heterocycles. The third-order valence-corrected chi connectivity index (χ3v) is 9.65. The van der Waals surface area contributed by atoms with Crippen molar-refractivity contribution in [2.24, 2.45) is 10.8 Å². The molecule has 0 saturated heterocycles. The fraction of sp³-hybridized carbons (Fsp3) is 0.400. The lowest BCUT2D eigenvalue weighted by atomic mass is 9.63. The minimum Gasteiger partial charge on any atom is -0.490 e. The van der Waals surface area contributed by atoms with E-state index >= 15 is 0 Å². The Morgan fingerprint density at radius 3 is 1.93 bits per heavy atom. The molecule has 6 heteroatoms. The fourth-order valence-electron chi connectivity index (χ4n) is 7.37. The summed E-state index contributed by atoms with van der Waals surface area (Å²) in [5.74, 6) is 1.06. The standard InChI is InChI=1S/C40H44ClNO4/c1-6-45-35-20-28(14-17-34(35)46-25-27-12-15-29(41)16-13-27)36-37-30(21-39(2,3)23-32(37)43)42(19-18-26-10-8-7-9-11-26)31-22-40(4,5)24-33(44)38(31)36/h7-17,20,36H,6,18-19,21-25H2,1-5H3. The van der Waals surface area contributed by atoms with Crippen molar-refractivity contribution in [1.29, 1.82) is 0 Å². The Morgan fingerprint density at radius 1 is 0.739 bits per heavy atom. The third kappa shape index (κ3) is 6.66. The van der Waals surface area contributed by atoms with Gasteiger partial charge in [-0.15, -0.1) is 0 Å². The van der Waals surface area contributed by atoms with Crippen molar-refractivity contribution in [1.82, 2.24) is 4.90 Å². The number of halogens is 1. The average molecular weight is 638 g/mol. The predicted octanol–water partition coefficient (Wildman–Crippen LogP) is 9.25. The summed E-state index contributed by atoms with van der Waals surface area (Å²) in [6.07, 6.45) is 3.31. The van der Waals surface area contributed by atoms with Crippen LogP contribution in [-0.2, 0) is 22.6 Å². The fourth-order valence-corrected chi connectivity index (χ4v) is 7.50. The maximum Gasteiger partial charge on any atom is 0.162 e. The Morgan fingerprint density at radius 2 is 1.35 bits per heavy atom. The van der Waals surface area contributed by atoms with E-state index < -0.39 is 5.92 Å². The predicted molar refractivity (Wildman–Crippen MR) is 183 cm³/mol. The molecule has 46 heavy (non-hydrogen) atoms. The highest BCUT2D eigenvalue weighted by Gasteiger charge is 2.49. The van der Waals surface area contributed by atoms with Gasteiger partial charge in [-0.25, -0.2) is 0 Å². The van der Waals surface area contributed by atoms with Crippen molar-refractivity contribution in [2.45, 2.75) is 79.2 Å². The summed E-state index contributed by atoms with van der Waals surface area (Å²) in [7, 11) is 0. The van der Waals surface area contributed by atoms with Gasteiger partial charge in [-0.1, -0.05) is 87.8 Å². The van der Waals surface area contributed by atoms with Crippen LogP contribution >= 0.6 is 11.6 Å². The molecular formula is C40H44ClNO4. The molecule has 3 aromatic rings. The van der Waals surface area contributed by atoms with E-state index in [-0.39, 0.29) is 22.4 Å². The second kappa shape index (κ2) is 12.8. The molecule has 0 bridgehead atoms. The van der Waals surface area contributed by atoms with E-state index in [0.717, 1.165) is 59.5 Å². The smallest absolute Gasteiger partial charge is 0.162 e. The van der Waals surface area contributed by atoms with Crippen molar-refractivity contribution in [3.8, 4) is 11.5 Å². The van der Waals surface area contributed by atoms with Crippen molar-refractivity contribution in [2.75, 3.05) is 13.2 Å². The van der Waals surface area contributed by atoms with E-state index in [9.17, 15) is 9.59 Å². The number of carbonyl (C=O) groups excluding carboxylic acids is 2. The number of rotatable bonds is 9. The highest BCUT2D eigenvalue weighted by atomic mass is 35.5. The summed E-state index contributed by atoms with van der Waals surface area (Å²) >= 11 is 6.07. The van der Waals surface area contributed by atoms with Crippen LogP contribution in [0.15, 0.2) is 95.3 Å². The van der Waals surface area contributed by atoms with Gasteiger partial charge in [-0.3, -0.25) is 9.59 Å². The Bertz CT molecular complexity index is 1650. The molecule has 5 nitrogen and oxygen atoms in total. The van der Waals surface area contributed by atoms with Gasteiger partial charge >= 0.3 is 0 Å². The highest BCUT2D eigenvalue weighted by Crippen LogP contribution is 2.55. The van der Waals surface area contributed by atoms with E-state index in [1.54, 1.807) is 0 Å². The molecule has 6 rings (SSSR count). The Kier molecular flexibility index (Phi) is 8.91. The van der Waals surface area contributed by atoms with Crippen LogP contribution in [0.5, 0.6) is 11.5 Å². The summed E-state index contributed by atoms with van der Waals surface area (Å²) in [6.45, 7) is 12.2. The first-order valence-corrected chi connectivity index (χ1v) is 16.8. The maximum atomic E-state index is 14.2. The van der Waals surface area contributed by atoms with Gasteiger partial charge in [0.1, 0.15) is 6.61 Å². The topological polar surface area (TPSA) is 55.8 Å². The van der Waals surface area contributed by atoms with Gasteiger partial charge in [-0.2, -0.15) is 0 Å². The minimum absolute atomic E-state index is 0.131. The maximum absolute atomic E-state index is 14.2. The molecule has 1 aliphatic heterocycles. The van der Waals surface area contributed by atoms with Gasteiger partial charge in [0.25, 0.3) is 0 Å². The molecule has 0 fully saturated rings. The Hall–Kier alpha value is -3.83. The number of carbonyl (C=O) groups is 2. The van der Waals surface area contributed by atoms with Gasteiger partial charge < -0.3 is 14.4 Å². The molecule has 0 amide bonds. The number of ether oxygens (including phenoxy) is 2. The van der Waals surface area contributed by atoms with Gasteiger partial charge in [0.15, 0.2) is 23.1 Å². The average Bonchev–Trinajstić information content (AvgIpc) is 2.99. The third-order valence-electron chi connectivity index (χ3n) is 9.40. The van der Waals surface area contributed by atoms with Crippen molar-refractivity contribution < 1.29 is 19.1 Å². The van der Waals surface area contributed by atoms with Gasteiger partial charge in [0, 0.05) is 52.9 Å². The largest absolute Gasteiger partial charge is 0.490 e. The lowest BCUT2D eigenvalue weighted by Crippen LogP contribution is -2.45. The second-order valence-electron chi connectivity index (χ2n) is 14.5. The quantitative estimate of drug-likeness (QED) is 0.234. The zero-order chi connectivity index (χ0) is 32.6. The van der Waals surface area contributed by atoms with E-state index in [1.807, 2.05) is 55.5 Å². The molecule has 1 heterocycles. The van der Waals surface area contributed by atoms with E-state index in [1.165, 1.54) is 5.56 Å². The molecule has 0 atom stereocenters. The Balaban J connectivity index is 1.45. The molecule has 3 aromatic carbocycles. The number of hydrogen-bond acceptors (Lipinski definition) is 5. The van der Waals surface area contributed by atoms with E-state index in [0.29, 0.717) is 42.6 Å². The first kappa shape index (κ1) is 32.1. The highest BCUT2D eigenvalue weighted by molar-refractivity contribution is 6.30.